The van der Waals surface area contributed by atoms with Crippen LogP contribution in [0.25, 0.3) is 10.9 Å². The molecule has 0 amide bonds. The van der Waals surface area contributed by atoms with Gasteiger partial charge in [-0.2, -0.15) is 0 Å². The van der Waals surface area contributed by atoms with Crippen molar-refractivity contribution in [2.24, 2.45) is 0 Å². The van der Waals surface area contributed by atoms with Crippen LogP contribution in [-0.2, 0) is 16.1 Å². The summed E-state index contributed by atoms with van der Waals surface area (Å²) in [5, 5.41) is 13.2. The van der Waals surface area contributed by atoms with E-state index >= 15 is 0 Å². The van der Waals surface area contributed by atoms with E-state index in [-0.39, 0.29) is 23.3 Å². The highest BCUT2D eigenvalue weighted by Crippen LogP contribution is 2.32. The molecule has 0 aliphatic heterocycles. The first-order valence-electron chi connectivity index (χ1n) is 10.3. The Hall–Kier alpha value is -3.01. The average molecular weight is 477 g/mol. The Morgan fingerprint density at radius 1 is 1.27 bits per heavy atom. The zero-order valence-electron chi connectivity index (χ0n) is 18.8. The second-order valence-electron chi connectivity index (χ2n) is 7.62. The van der Waals surface area contributed by atoms with Crippen molar-refractivity contribution in [3.8, 4) is 5.75 Å². The number of halogens is 2. The molecule has 33 heavy (non-hydrogen) atoms. The standard InChI is InChI=1S/C23H26ClFN4O4/c1-13(11-32-3)29(14(2)23(30)31)10-15-8-16-19(9-20(15)33-4)26-12-27-22(16)28-18-7-5-6-17(24)21(18)25/h5-9,12-14H,10-11H2,1-4H3,(H,30,31)(H,26,27,28)/t13?,14-/m1/s1. The summed E-state index contributed by atoms with van der Waals surface area (Å²) in [6, 6.07) is 7.28. The maximum atomic E-state index is 14.5. The molecule has 0 radical (unpaired) electrons. The Balaban J connectivity index is 2.06. The molecule has 2 aromatic carbocycles. The van der Waals surface area contributed by atoms with E-state index in [0.29, 0.717) is 29.1 Å². The number of fused-ring (bicyclic) bond motifs is 1. The van der Waals surface area contributed by atoms with Gasteiger partial charge in [0.05, 0.1) is 29.9 Å². The van der Waals surface area contributed by atoms with Crippen LogP contribution in [-0.4, -0.2) is 58.9 Å². The van der Waals surface area contributed by atoms with Crippen LogP contribution in [0.1, 0.15) is 19.4 Å². The molecule has 3 aromatic rings. The van der Waals surface area contributed by atoms with Crippen molar-refractivity contribution < 1.29 is 23.8 Å². The third-order valence-corrected chi connectivity index (χ3v) is 5.72. The largest absolute Gasteiger partial charge is 0.496 e. The summed E-state index contributed by atoms with van der Waals surface area (Å²) in [4.78, 5) is 22.1. The fourth-order valence-electron chi connectivity index (χ4n) is 3.62. The van der Waals surface area contributed by atoms with E-state index in [0.717, 1.165) is 5.56 Å². The van der Waals surface area contributed by atoms with Crippen LogP contribution in [0.2, 0.25) is 5.02 Å². The summed E-state index contributed by atoms with van der Waals surface area (Å²) < 4.78 is 25.3. The van der Waals surface area contributed by atoms with Crippen molar-refractivity contribution in [3.05, 3.63) is 53.1 Å². The van der Waals surface area contributed by atoms with Gasteiger partial charge in [-0.1, -0.05) is 17.7 Å². The predicted molar refractivity (Wildman–Crippen MR) is 125 cm³/mol. The quantitative estimate of drug-likeness (QED) is 0.442. The number of rotatable bonds is 10. The van der Waals surface area contributed by atoms with Crippen LogP contribution in [0, 0.1) is 5.82 Å². The number of carboxylic acids is 1. The summed E-state index contributed by atoms with van der Waals surface area (Å²) >= 11 is 5.90. The first kappa shape index (κ1) is 24.6. The lowest BCUT2D eigenvalue weighted by molar-refractivity contribution is -0.144. The Morgan fingerprint density at radius 2 is 2.03 bits per heavy atom. The van der Waals surface area contributed by atoms with Gasteiger partial charge in [0.2, 0.25) is 0 Å². The summed E-state index contributed by atoms with van der Waals surface area (Å²) in [7, 11) is 3.11. The van der Waals surface area contributed by atoms with E-state index in [9.17, 15) is 14.3 Å². The van der Waals surface area contributed by atoms with Crippen LogP contribution in [0.4, 0.5) is 15.9 Å². The van der Waals surface area contributed by atoms with Crippen molar-refractivity contribution in [1.29, 1.82) is 0 Å². The second kappa shape index (κ2) is 10.7. The van der Waals surface area contributed by atoms with Gasteiger partial charge >= 0.3 is 5.97 Å². The van der Waals surface area contributed by atoms with E-state index < -0.39 is 17.8 Å². The molecule has 176 valence electrons. The van der Waals surface area contributed by atoms with Gasteiger partial charge in [-0.05, 0) is 32.0 Å². The van der Waals surface area contributed by atoms with E-state index in [4.69, 9.17) is 21.1 Å². The average Bonchev–Trinajstić information content (AvgIpc) is 2.79. The molecule has 8 nitrogen and oxygen atoms in total. The minimum atomic E-state index is -0.945. The lowest BCUT2D eigenvalue weighted by Gasteiger charge is -2.32. The van der Waals surface area contributed by atoms with Gasteiger partial charge in [0.15, 0.2) is 5.82 Å². The number of benzene rings is 2. The minimum Gasteiger partial charge on any atom is -0.496 e. The number of hydrogen-bond acceptors (Lipinski definition) is 7. The molecular formula is C23H26ClFN4O4. The minimum absolute atomic E-state index is 0.00819. The van der Waals surface area contributed by atoms with E-state index in [1.807, 2.05) is 17.9 Å². The third-order valence-electron chi connectivity index (χ3n) is 5.42. The van der Waals surface area contributed by atoms with Crippen LogP contribution >= 0.6 is 11.6 Å². The zero-order chi connectivity index (χ0) is 24.1. The highest BCUT2D eigenvalue weighted by molar-refractivity contribution is 6.31. The molecule has 0 bridgehead atoms. The molecule has 0 spiro atoms. The van der Waals surface area contributed by atoms with Crippen molar-refractivity contribution in [2.45, 2.75) is 32.5 Å². The highest BCUT2D eigenvalue weighted by atomic mass is 35.5. The molecule has 0 aliphatic rings. The molecular weight excluding hydrogens is 451 g/mol. The molecule has 2 atom stereocenters. The summed E-state index contributed by atoms with van der Waals surface area (Å²) in [6.45, 7) is 4.16. The van der Waals surface area contributed by atoms with Crippen molar-refractivity contribution in [2.75, 3.05) is 26.1 Å². The van der Waals surface area contributed by atoms with E-state index in [1.165, 1.54) is 19.5 Å². The number of anilines is 2. The summed E-state index contributed by atoms with van der Waals surface area (Å²) in [5.74, 6) is -0.601. The molecule has 0 saturated carbocycles. The monoisotopic (exact) mass is 476 g/mol. The molecule has 0 saturated heterocycles. The maximum absolute atomic E-state index is 14.5. The number of carboxylic acid groups (broad SMARTS) is 1. The van der Waals surface area contributed by atoms with Gasteiger partial charge in [0, 0.05) is 36.7 Å². The van der Waals surface area contributed by atoms with Gasteiger partial charge in [-0.15, -0.1) is 0 Å². The van der Waals surface area contributed by atoms with Crippen molar-refractivity contribution >= 4 is 40.0 Å². The number of nitrogens with zero attached hydrogens (tertiary/aromatic N) is 3. The SMILES string of the molecule is COCC(C)N(Cc1cc2c(Nc3cccc(Cl)c3F)ncnc2cc1OC)[C@H](C)C(=O)O. The number of nitrogens with one attached hydrogen (secondary N) is 1. The van der Waals surface area contributed by atoms with Crippen LogP contribution < -0.4 is 10.1 Å². The normalized spacial score (nSPS) is 13.2. The van der Waals surface area contributed by atoms with Gasteiger partial charge in [-0.25, -0.2) is 14.4 Å². The predicted octanol–water partition coefficient (Wildman–Crippen LogP) is 4.48. The summed E-state index contributed by atoms with van der Waals surface area (Å²) in [6.07, 6.45) is 1.37. The smallest absolute Gasteiger partial charge is 0.320 e. The van der Waals surface area contributed by atoms with E-state index in [1.54, 1.807) is 32.2 Å². The third kappa shape index (κ3) is 5.50. The Kier molecular flexibility index (Phi) is 8.01. The first-order chi connectivity index (χ1) is 15.8. The first-order valence-corrected chi connectivity index (χ1v) is 10.6. The van der Waals surface area contributed by atoms with Crippen molar-refractivity contribution in [3.63, 3.8) is 0 Å². The summed E-state index contributed by atoms with van der Waals surface area (Å²) in [5.41, 5.74) is 1.48. The van der Waals surface area contributed by atoms with Crippen LogP contribution in [0.3, 0.4) is 0 Å². The zero-order valence-corrected chi connectivity index (χ0v) is 19.6. The molecule has 0 fully saturated rings. The number of aromatic nitrogens is 2. The second-order valence-corrected chi connectivity index (χ2v) is 8.03. The number of hydrogen-bond donors (Lipinski definition) is 2. The van der Waals surface area contributed by atoms with Gasteiger partial charge in [0.25, 0.3) is 0 Å². The van der Waals surface area contributed by atoms with Crippen LogP contribution in [0.5, 0.6) is 5.75 Å². The van der Waals surface area contributed by atoms with Gasteiger partial charge < -0.3 is 19.9 Å². The van der Waals surface area contributed by atoms with Crippen molar-refractivity contribution in [1.82, 2.24) is 14.9 Å². The number of aliphatic carboxylic acids is 1. The lowest BCUT2D eigenvalue weighted by atomic mass is 10.1. The lowest BCUT2D eigenvalue weighted by Crippen LogP contribution is -2.45. The van der Waals surface area contributed by atoms with Gasteiger partial charge in [0.1, 0.15) is 23.9 Å². The number of carbonyl (C=O) groups is 1. The maximum Gasteiger partial charge on any atom is 0.320 e. The molecule has 1 aromatic heterocycles. The number of methoxy groups -OCH3 is 2. The Morgan fingerprint density at radius 3 is 2.70 bits per heavy atom. The fraction of sp³-hybridized carbons (Fsp3) is 0.348. The Bertz CT molecular complexity index is 1150. The van der Waals surface area contributed by atoms with E-state index in [2.05, 4.69) is 15.3 Å². The van der Waals surface area contributed by atoms with Crippen LogP contribution in [0.15, 0.2) is 36.7 Å². The molecule has 10 heteroatoms. The molecule has 1 unspecified atom stereocenters. The molecule has 1 heterocycles. The molecule has 0 aliphatic carbocycles. The number of ether oxygens (including phenoxy) is 2. The Labute approximate surface area is 196 Å². The molecule has 3 rings (SSSR count). The highest BCUT2D eigenvalue weighted by Gasteiger charge is 2.27. The molecule has 2 N–H and O–H groups in total. The topological polar surface area (TPSA) is 96.8 Å². The van der Waals surface area contributed by atoms with Gasteiger partial charge in [-0.3, -0.25) is 9.69 Å². The fourth-order valence-corrected chi connectivity index (χ4v) is 3.79.